The number of methoxy groups -OCH3 is 1. The van der Waals surface area contributed by atoms with Crippen LogP contribution in [0.15, 0.2) is 12.1 Å². The molecule has 204 valence electrons. The second-order valence-corrected chi connectivity index (χ2v) is 11.4. The number of aromatic nitrogens is 2. The summed E-state index contributed by atoms with van der Waals surface area (Å²) in [5.74, 6) is 0.297. The molecule has 2 aromatic rings. The lowest BCUT2D eigenvalue weighted by Gasteiger charge is -2.26. The molecule has 38 heavy (non-hydrogen) atoms. The molecule has 3 heterocycles. The molecule has 3 aliphatic rings. The number of aryl methyl sites for hydroxylation is 1. The van der Waals surface area contributed by atoms with Crippen LogP contribution in [0.2, 0.25) is 0 Å². The van der Waals surface area contributed by atoms with Crippen LogP contribution in [-0.4, -0.2) is 63.8 Å². The van der Waals surface area contributed by atoms with Crippen molar-refractivity contribution in [2.24, 2.45) is 11.3 Å². The van der Waals surface area contributed by atoms with Gasteiger partial charge in [-0.05, 0) is 49.8 Å². The SMILES string of the molecule is CCC(=O)[C@@H]1C[C@]23CNC(=O)[C@H](C)CCCCCc4cc(OC)cc5c(C(C)=O)nn(c45)CC(=O)N1[C@@H]2C3. The van der Waals surface area contributed by atoms with Crippen LogP contribution >= 0.6 is 0 Å². The zero-order chi connectivity index (χ0) is 27.2. The summed E-state index contributed by atoms with van der Waals surface area (Å²) < 4.78 is 7.19. The number of rotatable bonds is 4. The van der Waals surface area contributed by atoms with E-state index in [0.717, 1.165) is 49.6 Å². The molecule has 2 aliphatic heterocycles. The van der Waals surface area contributed by atoms with E-state index in [1.54, 1.807) is 16.7 Å². The number of Topliss-reactive ketones (excluding diaryl/α,β-unsaturated/α-hetero) is 2. The Bertz CT molecular complexity index is 1300. The Labute approximate surface area is 223 Å². The van der Waals surface area contributed by atoms with E-state index in [1.165, 1.54) is 6.92 Å². The normalized spacial score (nSPS) is 28.0. The van der Waals surface area contributed by atoms with Crippen molar-refractivity contribution < 1.29 is 23.9 Å². The minimum Gasteiger partial charge on any atom is -0.497 e. The zero-order valence-corrected chi connectivity index (χ0v) is 22.8. The molecular weight excluding hydrogens is 484 g/mol. The van der Waals surface area contributed by atoms with Crippen LogP contribution in [0.1, 0.15) is 81.8 Å². The van der Waals surface area contributed by atoms with E-state index in [2.05, 4.69) is 10.4 Å². The largest absolute Gasteiger partial charge is 0.497 e. The van der Waals surface area contributed by atoms with Crippen LogP contribution in [0.4, 0.5) is 0 Å². The predicted octanol–water partition coefficient (Wildman–Crippen LogP) is 3.46. The maximum atomic E-state index is 13.9. The molecule has 4 atom stereocenters. The lowest BCUT2D eigenvalue weighted by Crippen LogP contribution is -2.44. The highest BCUT2D eigenvalue weighted by Gasteiger charge is 2.66. The maximum Gasteiger partial charge on any atom is 0.245 e. The van der Waals surface area contributed by atoms with Gasteiger partial charge in [-0.1, -0.05) is 26.7 Å². The molecule has 1 saturated heterocycles. The number of piperidine rings is 1. The Morgan fingerprint density at radius 1 is 1.18 bits per heavy atom. The van der Waals surface area contributed by atoms with Crippen molar-refractivity contribution in [1.29, 1.82) is 0 Å². The first-order chi connectivity index (χ1) is 18.2. The fourth-order valence-corrected chi connectivity index (χ4v) is 6.53. The van der Waals surface area contributed by atoms with E-state index in [4.69, 9.17) is 4.74 Å². The molecule has 2 bridgehead atoms. The van der Waals surface area contributed by atoms with Crippen LogP contribution < -0.4 is 10.1 Å². The number of nitrogens with one attached hydrogen (secondary N) is 1. The van der Waals surface area contributed by atoms with Gasteiger partial charge in [0, 0.05) is 42.7 Å². The maximum absolute atomic E-state index is 13.9. The summed E-state index contributed by atoms with van der Waals surface area (Å²) in [6.07, 6.45) is 6.05. The van der Waals surface area contributed by atoms with Crippen molar-refractivity contribution in [1.82, 2.24) is 20.0 Å². The molecule has 1 aliphatic carbocycles. The van der Waals surface area contributed by atoms with Crippen LogP contribution in [0.25, 0.3) is 10.9 Å². The summed E-state index contributed by atoms with van der Waals surface area (Å²) in [6.45, 7) is 5.71. The summed E-state index contributed by atoms with van der Waals surface area (Å²) in [7, 11) is 1.60. The summed E-state index contributed by atoms with van der Waals surface area (Å²) in [6, 6.07) is 3.21. The van der Waals surface area contributed by atoms with Crippen LogP contribution in [0, 0.1) is 11.3 Å². The molecular formula is C29H38N4O5. The number of hydrogen-bond donors (Lipinski definition) is 1. The lowest BCUT2D eigenvalue weighted by atomic mass is 9.95. The van der Waals surface area contributed by atoms with Crippen molar-refractivity contribution in [3.63, 3.8) is 0 Å². The van der Waals surface area contributed by atoms with Gasteiger partial charge < -0.3 is 15.0 Å². The average Bonchev–Trinajstić information content (AvgIpc) is 3.31. The third-order valence-corrected chi connectivity index (χ3v) is 8.82. The molecule has 1 N–H and O–H groups in total. The Kier molecular flexibility index (Phi) is 7.05. The van der Waals surface area contributed by atoms with Gasteiger partial charge in [0.25, 0.3) is 0 Å². The predicted molar refractivity (Wildman–Crippen MR) is 142 cm³/mol. The van der Waals surface area contributed by atoms with E-state index in [1.807, 2.05) is 26.0 Å². The van der Waals surface area contributed by atoms with Gasteiger partial charge in [-0.2, -0.15) is 5.10 Å². The van der Waals surface area contributed by atoms with Gasteiger partial charge in [-0.3, -0.25) is 23.9 Å². The fourth-order valence-electron chi connectivity index (χ4n) is 6.53. The van der Waals surface area contributed by atoms with Gasteiger partial charge >= 0.3 is 0 Å². The van der Waals surface area contributed by atoms with Gasteiger partial charge in [0.1, 0.15) is 18.0 Å². The molecule has 9 heteroatoms. The Morgan fingerprint density at radius 2 is 1.97 bits per heavy atom. The highest BCUT2D eigenvalue weighted by Crippen LogP contribution is 2.59. The number of hydrogen-bond acceptors (Lipinski definition) is 6. The molecule has 2 amide bonds. The lowest BCUT2D eigenvalue weighted by molar-refractivity contribution is -0.139. The first-order valence-electron chi connectivity index (χ1n) is 13.9. The number of amides is 2. The van der Waals surface area contributed by atoms with Crippen LogP contribution in [0.5, 0.6) is 5.75 Å². The van der Waals surface area contributed by atoms with Crippen molar-refractivity contribution in [3.05, 3.63) is 23.4 Å². The number of carbonyl (C=O) groups excluding carboxylic acids is 4. The van der Waals surface area contributed by atoms with Gasteiger partial charge in [0.15, 0.2) is 11.6 Å². The Hall–Kier alpha value is -3.23. The standard InChI is InChI=1S/C29H38N4O5/c1-5-23(35)22-13-29-14-24(29)33(22)25(36)15-32-27-19(10-8-6-7-9-17(2)28(37)30-16-29)11-20(38-4)12-21(27)26(31-32)18(3)34/h11-12,17,22,24H,5-10,13-16H2,1-4H3,(H,30,37)/t17-,22+,24-,29+/m1/s1. The van der Waals surface area contributed by atoms with Crippen molar-refractivity contribution in [2.75, 3.05) is 13.7 Å². The summed E-state index contributed by atoms with van der Waals surface area (Å²) in [4.78, 5) is 53.9. The van der Waals surface area contributed by atoms with Crippen LogP contribution in [-0.2, 0) is 27.3 Å². The summed E-state index contributed by atoms with van der Waals surface area (Å²) >= 11 is 0. The topological polar surface area (TPSA) is 111 Å². The second kappa shape index (κ2) is 10.2. The number of carbonyl (C=O) groups is 4. The zero-order valence-electron chi connectivity index (χ0n) is 22.8. The average molecular weight is 523 g/mol. The van der Waals surface area contributed by atoms with Crippen molar-refractivity contribution in [2.45, 2.75) is 90.8 Å². The quantitative estimate of drug-likeness (QED) is 0.616. The molecule has 5 rings (SSSR count). The minimum atomic E-state index is -0.492. The van der Waals surface area contributed by atoms with Gasteiger partial charge in [-0.15, -0.1) is 0 Å². The van der Waals surface area contributed by atoms with E-state index < -0.39 is 6.04 Å². The summed E-state index contributed by atoms with van der Waals surface area (Å²) in [5, 5.41) is 8.43. The monoisotopic (exact) mass is 522 g/mol. The molecule has 9 nitrogen and oxygen atoms in total. The molecule has 0 unspecified atom stereocenters. The molecule has 1 aromatic carbocycles. The number of ether oxygens (including phenoxy) is 1. The Balaban J connectivity index is 1.57. The minimum absolute atomic E-state index is 0.0409. The molecule has 2 fully saturated rings. The molecule has 0 spiro atoms. The first kappa shape index (κ1) is 26.4. The highest BCUT2D eigenvalue weighted by atomic mass is 16.5. The number of ketones is 2. The number of benzene rings is 1. The van der Waals surface area contributed by atoms with Gasteiger partial charge in [0.05, 0.1) is 18.7 Å². The summed E-state index contributed by atoms with van der Waals surface area (Å²) in [5.41, 5.74) is 1.83. The third-order valence-electron chi connectivity index (χ3n) is 8.82. The van der Waals surface area contributed by atoms with E-state index in [0.29, 0.717) is 36.2 Å². The van der Waals surface area contributed by atoms with Gasteiger partial charge in [-0.25, -0.2) is 0 Å². The second-order valence-electron chi connectivity index (χ2n) is 11.4. The van der Waals surface area contributed by atoms with Crippen LogP contribution in [0.3, 0.4) is 0 Å². The third kappa shape index (κ3) is 4.60. The molecule has 1 saturated carbocycles. The van der Waals surface area contributed by atoms with E-state index in [-0.39, 0.29) is 47.3 Å². The number of nitrogens with zero attached hydrogens (tertiary/aromatic N) is 3. The Morgan fingerprint density at radius 3 is 2.68 bits per heavy atom. The smallest absolute Gasteiger partial charge is 0.245 e. The van der Waals surface area contributed by atoms with E-state index in [9.17, 15) is 19.2 Å². The van der Waals surface area contributed by atoms with E-state index >= 15 is 0 Å². The molecule has 1 aromatic heterocycles. The van der Waals surface area contributed by atoms with Crippen molar-refractivity contribution >= 4 is 34.3 Å². The first-order valence-corrected chi connectivity index (χ1v) is 13.9. The van der Waals surface area contributed by atoms with Gasteiger partial charge in [0.2, 0.25) is 11.8 Å². The molecule has 0 radical (unpaired) electrons. The highest BCUT2D eigenvalue weighted by molar-refractivity contribution is 6.06. The van der Waals surface area contributed by atoms with Crippen molar-refractivity contribution in [3.8, 4) is 5.75 Å². The fraction of sp³-hybridized carbons (Fsp3) is 0.621.